The molecular formula is C23H22FN3O2. The minimum atomic E-state index is -0.304. The lowest BCUT2D eigenvalue weighted by molar-refractivity contribution is 0.102. The van der Waals surface area contributed by atoms with Crippen molar-refractivity contribution in [2.75, 3.05) is 5.32 Å². The summed E-state index contributed by atoms with van der Waals surface area (Å²) in [4.78, 5) is 24.7. The first-order valence-electron chi connectivity index (χ1n) is 9.77. The maximum atomic E-state index is 13.4. The first-order chi connectivity index (χ1) is 14.0. The van der Waals surface area contributed by atoms with Gasteiger partial charge >= 0.3 is 0 Å². The van der Waals surface area contributed by atoms with Gasteiger partial charge in [0.2, 0.25) is 0 Å². The predicted molar refractivity (Wildman–Crippen MR) is 110 cm³/mol. The molecule has 1 heterocycles. The third-order valence-electron chi connectivity index (χ3n) is 5.36. The zero-order valence-corrected chi connectivity index (χ0v) is 16.2. The number of nitrogens with zero attached hydrogens (tertiary/aromatic N) is 1. The molecule has 1 aliphatic rings. The summed E-state index contributed by atoms with van der Waals surface area (Å²) in [7, 11) is 0. The fourth-order valence-corrected chi connectivity index (χ4v) is 3.82. The van der Waals surface area contributed by atoms with Crippen LogP contribution in [0.1, 0.15) is 51.1 Å². The van der Waals surface area contributed by atoms with Crippen LogP contribution >= 0.6 is 0 Å². The van der Waals surface area contributed by atoms with E-state index in [4.69, 9.17) is 0 Å². The van der Waals surface area contributed by atoms with Gasteiger partial charge in [-0.1, -0.05) is 12.1 Å². The Balaban J connectivity index is 1.55. The minimum absolute atomic E-state index is 0.0915. The largest absolute Gasteiger partial charge is 0.322 e. The second kappa shape index (κ2) is 7.99. The number of benzene rings is 2. The highest BCUT2D eigenvalue weighted by atomic mass is 19.1. The zero-order valence-electron chi connectivity index (χ0n) is 16.2. The van der Waals surface area contributed by atoms with Gasteiger partial charge in [0.05, 0.1) is 5.69 Å². The SMILES string of the molecule is Cc1cc(NC(=O)c2cccc(Cc3n[nH]c(=O)c4c3CCCC4)c2)ccc1F. The quantitative estimate of drug-likeness (QED) is 0.707. The molecule has 5 nitrogen and oxygen atoms in total. The van der Waals surface area contributed by atoms with E-state index in [1.165, 1.54) is 6.07 Å². The van der Waals surface area contributed by atoms with Crippen LogP contribution in [0.3, 0.4) is 0 Å². The van der Waals surface area contributed by atoms with E-state index in [1.807, 2.05) is 18.2 Å². The molecule has 0 spiro atoms. The molecule has 0 fully saturated rings. The molecule has 148 valence electrons. The summed E-state index contributed by atoms with van der Waals surface area (Å²) in [6.45, 7) is 1.66. The Kier molecular flexibility index (Phi) is 5.25. The van der Waals surface area contributed by atoms with Crippen molar-refractivity contribution in [1.29, 1.82) is 0 Å². The summed E-state index contributed by atoms with van der Waals surface area (Å²) in [6, 6.07) is 11.8. The molecule has 0 saturated heterocycles. The van der Waals surface area contributed by atoms with Crippen LogP contribution in [-0.2, 0) is 19.3 Å². The Morgan fingerprint density at radius 2 is 1.93 bits per heavy atom. The van der Waals surface area contributed by atoms with E-state index in [9.17, 15) is 14.0 Å². The Labute approximate surface area is 168 Å². The van der Waals surface area contributed by atoms with Crippen LogP contribution in [0.25, 0.3) is 0 Å². The summed E-state index contributed by atoms with van der Waals surface area (Å²) in [5.41, 5.74) is 5.17. The fourth-order valence-electron chi connectivity index (χ4n) is 3.82. The number of carbonyl (C=O) groups is 1. The molecule has 3 aromatic rings. The molecule has 1 aliphatic carbocycles. The van der Waals surface area contributed by atoms with Crippen molar-refractivity contribution < 1.29 is 9.18 Å². The number of halogens is 1. The monoisotopic (exact) mass is 391 g/mol. The van der Waals surface area contributed by atoms with E-state index >= 15 is 0 Å². The van der Waals surface area contributed by atoms with Gasteiger partial charge in [0, 0.05) is 23.2 Å². The molecule has 0 radical (unpaired) electrons. The Morgan fingerprint density at radius 1 is 1.14 bits per heavy atom. The topological polar surface area (TPSA) is 74.8 Å². The van der Waals surface area contributed by atoms with Crippen LogP contribution in [-0.4, -0.2) is 16.1 Å². The lowest BCUT2D eigenvalue weighted by Gasteiger charge is -2.17. The lowest BCUT2D eigenvalue weighted by Crippen LogP contribution is -2.23. The minimum Gasteiger partial charge on any atom is -0.322 e. The fraction of sp³-hybridized carbons (Fsp3) is 0.261. The van der Waals surface area contributed by atoms with Crippen molar-refractivity contribution >= 4 is 11.6 Å². The Morgan fingerprint density at radius 3 is 2.72 bits per heavy atom. The van der Waals surface area contributed by atoms with Crippen LogP contribution in [0.4, 0.5) is 10.1 Å². The Hall–Kier alpha value is -3.28. The summed E-state index contributed by atoms with van der Waals surface area (Å²) in [5, 5.41) is 9.69. The van der Waals surface area contributed by atoms with Crippen LogP contribution in [0, 0.1) is 12.7 Å². The standard InChI is InChI=1S/C23H22FN3O2/c1-14-11-17(9-10-20(14)24)25-22(28)16-6-4-5-15(12-16)13-21-18-7-2-3-8-19(18)23(29)27-26-21/h4-6,9-12H,2-3,7-8,13H2,1H3,(H,25,28)(H,27,29). The van der Waals surface area contributed by atoms with Gasteiger partial charge in [0.1, 0.15) is 5.82 Å². The van der Waals surface area contributed by atoms with Crippen LogP contribution in [0.15, 0.2) is 47.3 Å². The van der Waals surface area contributed by atoms with Crippen molar-refractivity contribution in [3.63, 3.8) is 0 Å². The Bertz CT molecular complexity index is 1140. The number of amides is 1. The first kappa shape index (κ1) is 19.1. The van der Waals surface area contributed by atoms with E-state index in [0.717, 1.165) is 48.1 Å². The molecule has 2 aromatic carbocycles. The van der Waals surface area contributed by atoms with Crippen LogP contribution < -0.4 is 10.9 Å². The highest BCUT2D eigenvalue weighted by molar-refractivity contribution is 6.04. The number of fused-ring (bicyclic) bond motifs is 1. The number of anilines is 1. The lowest BCUT2D eigenvalue weighted by atomic mass is 9.90. The molecule has 0 atom stereocenters. The van der Waals surface area contributed by atoms with Crippen molar-refractivity contribution in [2.24, 2.45) is 0 Å². The molecule has 0 unspecified atom stereocenters. The van der Waals surface area contributed by atoms with Crippen molar-refractivity contribution in [2.45, 2.75) is 39.0 Å². The molecule has 29 heavy (non-hydrogen) atoms. The number of aryl methyl sites for hydroxylation is 1. The van der Waals surface area contributed by atoms with Gasteiger partial charge in [-0.25, -0.2) is 9.49 Å². The molecule has 0 saturated carbocycles. The van der Waals surface area contributed by atoms with Gasteiger partial charge in [-0.2, -0.15) is 5.10 Å². The van der Waals surface area contributed by atoms with Gasteiger partial charge in [-0.15, -0.1) is 0 Å². The van der Waals surface area contributed by atoms with E-state index < -0.39 is 0 Å². The first-order valence-corrected chi connectivity index (χ1v) is 9.77. The van der Waals surface area contributed by atoms with E-state index in [2.05, 4.69) is 15.5 Å². The summed E-state index contributed by atoms with van der Waals surface area (Å²) >= 11 is 0. The molecule has 4 rings (SSSR count). The number of hydrogen-bond acceptors (Lipinski definition) is 3. The normalized spacial score (nSPS) is 13.0. The van der Waals surface area contributed by atoms with Crippen LogP contribution in [0.5, 0.6) is 0 Å². The summed E-state index contributed by atoms with van der Waals surface area (Å²) in [6.07, 6.45) is 4.30. The molecule has 6 heteroatoms. The number of rotatable bonds is 4. The van der Waals surface area contributed by atoms with Gasteiger partial charge in [-0.3, -0.25) is 9.59 Å². The van der Waals surface area contributed by atoms with Gasteiger partial charge in [0.15, 0.2) is 0 Å². The third kappa shape index (κ3) is 4.11. The molecule has 0 aliphatic heterocycles. The average Bonchev–Trinajstić information content (AvgIpc) is 2.73. The number of carbonyl (C=O) groups excluding carboxylic acids is 1. The second-order valence-electron chi connectivity index (χ2n) is 7.46. The molecule has 1 amide bonds. The highest BCUT2D eigenvalue weighted by Gasteiger charge is 2.18. The average molecular weight is 391 g/mol. The number of hydrogen-bond donors (Lipinski definition) is 2. The second-order valence-corrected chi connectivity index (χ2v) is 7.46. The van der Waals surface area contributed by atoms with Crippen molar-refractivity contribution in [1.82, 2.24) is 10.2 Å². The number of aromatic amines is 1. The number of H-pyrrole nitrogens is 1. The van der Waals surface area contributed by atoms with Crippen molar-refractivity contribution in [3.05, 3.63) is 92.1 Å². The van der Waals surface area contributed by atoms with Crippen molar-refractivity contribution in [3.8, 4) is 0 Å². The number of nitrogens with one attached hydrogen (secondary N) is 2. The smallest absolute Gasteiger partial charge is 0.267 e. The van der Waals surface area contributed by atoms with Gasteiger partial charge in [0.25, 0.3) is 11.5 Å². The predicted octanol–water partition coefficient (Wildman–Crippen LogP) is 3.94. The maximum absolute atomic E-state index is 13.4. The summed E-state index contributed by atoms with van der Waals surface area (Å²) in [5.74, 6) is -0.559. The van der Waals surface area contributed by atoms with Gasteiger partial charge < -0.3 is 5.32 Å². The summed E-state index contributed by atoms with van der Waals surface area (Å²) < 4.78 is 13.4. The maximum Gasteiger partial charge on any atom is 0.267 e. The van der Waals surface area contributed by atoms with Crippen LogP contribution in [0.2, 0.25) is 0 Å². The molecule has 2 N–H and O–H groups in total. The van der Waals surface area contributed by atoms with E-state index in [0.29, 0.717) is 23.2 Å². The highest BCUT2D eigenvalue weighted by Crippen LogP contribution is 2.22. The zero-order chi connectivity index (χ0) is 20.4. The molecular weight excluding hydrogens is 369 g/mol. The van der Waals surface area contributed by atoms with E-state index in [-0.39, 0.29) is 17.3 Å². The van der Waals surface area contributed by atoms with Gasteiger partial charge in [-0.05, 0) is 79.6 Å². The molecule has 1 aromatic heterocycles. The third-order valence-corrected chi connectivity index (χ3v) is 5.36. The molecule has 0 bridgehead atoms. The number of aromatic nitrogens is 2. The van der Waals surface area contributed by atoms with E-state index in [1.54, 1.807) is 25.1 Å².